The zero-order chi connectivity index (χ0) is 14.8. The maximum absolute atomic E-state index is 11.4. The summed E-state index contributed by atoms with van der Waals surface area (Å²) in [4.78, 5) is 11.4. The van der Waals surface area contributed by atoms with E-state index in [1.165, 1.54) is 0 Å². The Morgan fingerprint density at radius 2 is 1.90 bits per heavy atom. The van der Waals surface area contributed by atoms with E-state index >= 15 is 0 Å². The third-order valence-electron chi connectivity index (χ3n) is 4.38. The van der Waals surface area contributed by atoms with Crippen LogP contribution < -0.4 is 5.32 Å². The molecule has 0 amide bonds. The topological polar surface area (TPSA) is 49.3 Å². The van der Waals surface area contributed by atoms with Crippen molar-refractivity contribution < 1.29 is 9.90 Å². The van der Waals surface area contributed by atoms with Crippen molar-refractivity contribution in [2.45, 2.75) is 52.1 Å². The van der Waals surface area contributed by atoms with Crippen molar-refractivity contribution in [1.29, 1.82) is 0 Å². The lowest BCUT2D eigenvalue weighted by Gasteiger charge is -2.45. The molecular weight excluding hydrogens is 250 g/mol. The van der Waals surface area contributed by atoms with Gasteiger partial charge in [-0.05, 0) is 36.2 Å². The number of carbonyl (C=O) groups is 1. The molecule has 0 heterocycles. The molecule has 1 fully saturated rings. The summed E-state index contributed by atoms with van der Waals surface area (Å²) in [6.45, 7) is 6.77. The van der Waals surface area contributed by atoms with Crippen LogP contribution in [0.1, 0.15) is 39.2 Å². The van der Waals surface area contributed by atoms with Gasteiger partial charge >= 0.3 is 5.97 Å². The number of carboxylic acids is 1. The molecule has 0 aromatic heterocycles. The Hall–Kier alpha value is -1.35. The highest BCUT2D eigenvalue weighted by Gasteiger charge is 2.38. The van der Waals surface area contributed by atoms with Gasteiger partial charge in [0.25, 0.3) is 0 Å². The van der Waals surface area contributed by atoms with Crippen molar-refractivity contribution in [1.82, 2.24) is 5.32 Å². The number of hydrogen-bond donors (Lipinski definition) is 2. The minimum absolute atomic E-state index is 0.330. The molecule has 1 aliphatic carbocycles. The first kappa shape index (κ1) is 15.0. The lowest BCUT2D eigenvalue weighted by molar-refractivity contribution is -0.140. The maximum Gasteiger partial charge on any atom is 0.321 e. The first-order valence-corrected chi connectivity index (χ1v) is 7.39. The number of aliphatic carboxylic acids is 1. The Morgan fingerprint density at radius 3 is 2.40 bits per heavy atom. The molecule has 1 aromatic carbocycles. The van der Waals surface area contributed by atoms with E-state index in [-0.39, 0.29) is 0 Å². The Morgan fingerprint density at radius 1 is 1.30 bits per heavy atom. The number of nitrogens with one attached hydrogen (secondary N) is 1. The van der Waals surface area contributed by atoms with Gasteiger partial charge in [-0.2, -0.15) is 0 Å². The SMILES string of the molecule is CC(C)(C)C1CC(N[C@H](Cc2ccccc2)C(=O)O)C1. The fraction of sp³-hybridized carbons (Fsp3) is 0.588. The standard InChI is InChI=1S/C17H25NO2/c1-17(2,3)13-10-14(11-13)18-15(16(19)20)9-12-7-5-4-6-8-12/h4-8,13-15,18H,9-11H2,1-3H3,(H,19,20)/t13?,14?,15-/m1/s1. The molecule has 0 unspecified atom stereocenters. The van der Waals surface area contributed by atoms with Gasteiger partial charge in [-0.3, -0.25) is 4.79 Å². The Labute approximate surface area is 121 Å². The summed E-state index contributed by atoms with van der Waals surface area (Å²) in [5.74, 6) is -0.0563. The summed E-state index contributed by atoms with van der Waals surface area (Å²) >= 11 is 0. The van der Waals surface area contributed by atoms with E-state index in [2.05, 4.69) is 26.1 Å². The fourth-order valence-electron chi connectivity index (χ4n) is 2.81. The van der Waals surface area contributed by atoms with E-state index in [0.717, 1.165) is 18.4 Å². The van der Waals surface area contributed by atoms with Crippen molar-refractivity contribution >= 4 is 5.97 Å². The molecule has 0 aliphatic heterocycles. The van der Waals surface area contributed by atoms with E-state index in [9.17, 15) is 9.90 Å². The molecule has 3 nitrogen and oxygen atoms in total. The highest BCUT2D eigenvalue weighted by Crippen LogP contribution is 2.41. The predicted molar refractivity (Wildman–Crippen MR) is 80.7 cm³/mol. The lowest BCUT2D eigenvalue weighted by atomic mass is 9.66. The van der Waals surface area contributed by atoms with Gasteiger partial charge in [0.2, 0.25) is 0 Å². The van der Waals surface area contributed by atoms with Crippen molar-refractivity contribution in [2.75, 3.05) is 0 Å². The van der Waals surface area contributed by atoms with Crippen molar-refractivity contribution in [3.8, 4) is 0 Å². The number of carboxylic acid groups (broad SMARTS) is 1. The molecule has 1 atom stereocenters. The minimum Gasteiger partial charge on any atom is -0.480 e. The third-order valence-corrected chi connectivity index (χ3v) is 4.38. The quantitative estimate of drug-likeness (QED) is 0.868. The smallest absolute Gasteiger partial charge is 0.321 e. The average Bonchev–Trinajstić information content (AvgIpc) is 2.31. The summed E-state index contributed by atoms with van der Waals surface area (Å²) in [5.41, 5.74) is 1.40. The molecule has 2 rings (SSSR count). The van der Waals surface area contributed by atoms with Crippen LogP contribution in [0.5, 0.6) is 0 Å². The minimum atomic E-state index is -0.756. The molecule has 2 N–H and O–H groups in total. The van der Waals surface area contributed by atoms with E-state index in [4.69, 9.17) is 0 Å². The maximum atomic E-state index is 11.4. The first-order chi connectivity index (χ1) is 9.36. The average molecular weight is 275 g/mol. The normalized spacial score (nSPS) is 23.9. The molecule has 1 aromatic rings. The molecule has 3 heteroatoms. The summed E-state index contributed by atoms with van der Waals surface area (Å²) in [5, 5.41) is 12.7. The summed E-state index contributed by atoms with van der Waals surface area (Å²) in [7, 11) is 0. The van der Waals surface area contributed by atoms with Crippen LogP contribution in [0, 0.1) is 11.3 Å². The second-order valence-corrected chi connectivity index (χ2v) is 6.98. The number of benzene rings is 1. The van der Waals surface area contributed by atoms with Gasteiger partial charge in [0.1, 0.15) is 6.04 Å². The van der Waals surface area contributed by atoms with Crippen LogP contribution in [0.15, 0.2) is 30.3 Å². The molecular formula is C17H25NO2. The van der Waals surface area contributed by atoms with E-state index in [1.54, 1.807) is 0 Å². The number of rotatable bonds is 5. The second kappa shape index (κ2) is 5.96. The Balaban J connectivity index is 1.87. The van der Waals surface area contributed by atoms with Gasteiger partial charge in [-0.1, -0.05) is 51.1 Å². The first-order valence-electron chi connectivity index (χ1n) is 7.39. The van der Waals surface area contributed by atoms with Gasteiger partial charge in [-0.25, -0.2) is 0 Å². The largest absolute Gasteiger partial charge is 0.480 e. The van der Waals surface area contributed by atoms with Gasteiger partial charge in [0.05, 0.1) is 0 Å². The fourth-order valence-corrected chi connectivity index (χ4v) is 2.81. The van der Waals surface area contributed by atoms with Gasteiger partial charge in [-0.15, -0.1) is 0 Å². The van der Waals surface area contributed by atoms with Crippen LogP contribution in [0.4, 0.5) is 0 Å². The number of hydrogen-bond acceptors (Lipinski definition) is 2. The molecule has 110 valence electrons. The predicted octanol–water partition coefficient (Wildman–Crippen LogP) is 3.10. The molecule has 0 radical (unpaired) electrons. The van der Waals surface area contributed by atoms with Gasteiger partial charge in [0.15, 0.2) is 0 Å². The van der Waals surface area contributed by atoms with Crippen molar-refractivity contribution in [3.05, 3.63) is 35.9 Å². The monoisotopic (exact) mass is 275 g/mol. The zero-order valence-electron chi connectivity index (χ0n) is 12.6. The second-order valence-electron chi connectivity index (χ2n) is 6.98. The van der Waals surface area contributed by atoms with Gasteiger partial charge < -0.3 is 10.4 Å². The highest BCUT2D eigenvalue weighted by molar-refractivity contribution is 5.74. The van der Waals surface area contributed by atoms with Crippen LogP contribution in [-0.2, 0) is 11.2 Å². The van der Waals surface area contributed by atoms with E-state index in [0.29, 0.717) is 23.8 Å². The van der Waals surface area contributed by atoms with Crippen LogP contribution >= 0.6 is 0 Å². The summed E-state index contributed by atoms with van der Waals surface area (Å²) in [6.07, 6.45) is 2.72. The highest BCUT2D eigenvalue weighted by atomic mass is 16.4. The van der Waals surface area contributed by atoms with E-state index in [1.807, 2.05) is 30.3 Å². The summed E-state index contributed by atoms with van der Waals surface area (Å²) in [6, 6.07) is 9.69. The third kappa shape index (κ3) is 3.83. The molecule has 0 saturated heterocycles. The molecule has 20 heavy (non-hydrogen) atoms. The van der Waals surface area contributed by atoms with Crippen LogP contribution in [-0.4, -0.2) is 23.2 Å². The molecule has 1 saturated carbocycles. The zero-order valence-corrected chi connectivity index (χ0v) is 12.6. The van der Waals surface area contributed by atoms with Gasteiger partial charge in [0, 0.05) is 6.04 Å². The van der Waals surface area contributed by atoms with Crippen LogP contribution in [0.3, 0.4) is 0 Å². The summed E-state index contributed by atoms with van der Waals surface area (Å²) < 4.78 is 0. The van der Waals surface area contributed by atoms with Crippen molar-refractivity contribution in [3.63, 3.8) is 0 Å². The van der Waals surface area contributed by atoms with Crippen molar-refractivity contribution in [2.24, 2.45) is 11.3 Å². The Kier molecular flexibility index (Phi) is 4.48. The molecule has 1 aliphatic rings. The Bertz CT molecular complexity index is 444. The molecule has 0 bridgehead atoms. The van der Waals surface area contributed by atoms with Crippen LogP contribution in [0.2, 0.25) is 0 Å². The molecule has 0 spiro atoms. The van der Waals surface area contributed by atoms with Crippen LogP contribution in [0.25, 0.3) is 0 Å². The lowest BCUT2D eigenvalue weighted by Crippen LogP contribution is -2.52. The van der Waals surface area contributed by atoms with E-state index < -0.39 is 12.0 Å².